The summed E-state index contributed by atoms with van der Waals surface area (Å²) in [5.74, 6) is -1.06. The molecule has 0 spiro atoms. The zero-order valence-corrected chi connectivity index (χ0v) is 10.1. The first kappa shape index (κ1) is 13.2. The van der Waals surface area contributed by atoms with E-state index < -0.39 is 5.97 Å². The van der Waals surface area contributed by atoms with Crippen LogP contribution in [-0.2, 0) is 11.3 Å². The summed E-state index contributed by atoms with van der Waals surface area (Å²) in [6.07, 6.45) is 0. The van der Waals surface area contributed by atoms with Crippen LogP contribution in [-0.4, -0.2) is 35.1 Å². The minimum Gasteiger partial charge on any atom is -0.478 e. The van der Waals surface area contributed by atoms with Crippen LogP contribution in [0, 0.1) is 6.92 Å². The van der Waals surface area contributed by atoms with Gasteiger partial charge in [0.2, 0.25) is 5.91 Å². The van der Waals surface area contributed by atoms with Crippen molar-refractivity contribution in [2.75, 3.05) is 7.05 Å². The van der Waals surface area contributed by atoms with Crippen LogP contribution in [0.4, 0.5) is 0 Å². The first-order valence-corrected chi connectivity index (χ1v) is 5.32. The molecule has 1 heterocycles. The fourth-order valence-electron chi connectivity index (χ4n) is 1.52. The molecule has 4 N–H and O–H groups in total. The van der Waals surface area contributed by atoms with Gasteiger partial charge in [0, 0.05) is 25.0 Å². The summed E-state index contributed by atoms with van der Waals surface area (Å²) >= 11 is 0. The highest BCUT2D eigenvalue weighted by Crippen LogP contribution is 2.09. The van der Waals surface area contributed by atoms with E-state index in [-0.39, 0.29) is 17.5 Å². The summed E-state index contributed by atoms with van der Waals surface area (Å²) in [6.45, 7) is 3.87. The van der Waals surface area contributed by atoms with Gasteiger partial charge in [0.25, 0.3) is 0 Å². The molecule has 0 aromatic carbocycles. The van der Waals surface area contributed by atoms with E-state index in [1.54, 1.807) is 27.0 Å². The lowest BCUT2D eigenvalue weighted by Crippen LogP contribution is -2.40. The number of hydrogen-bond donors (Lipinski definition) is 4. The third-order valence-corrected chi connectivity index (χ3v) is 2.54. The van der Waals surface area contributed by atoms with Crippen LogP contribution >= 0.6 is 0 Å². The Kier molecular flexibility index (Phi) is 4.28. The highest BCUT2D eigenvalue weighted by molar-refractivity contribution is 5.89. The summed E-state index contributed by atoms with van der Waals surface area (Å²) in [4.78, 5) is 25.0. The lowest BCUT2D eigenvalue weighted by molar-refractivity contribution is -0.122. The second-order valence-corrected chi connectivity index (χ2v) is 3.86. The van der Waals surface area contributed by atoms with Gasteiger partial charge in [-0.2, -0.15) is 0 Å². The van der Waals surface area contributed by atoms with Crippen molar-refractivity contribution in [3.8, 4) is 0 Å². The zero-order valence-electron chi connectivity index (χ0n) is 10.1. The molecule has 1 amide bonds. The average Bonchev–Trinajstić information content (AvgIpc) is 2.66. The highest BCUT2D eigenvalue weighted by Gasteiger charge is 2.13. The summed E-state index contributed by atoms with van der Waals surface area (Å²) in [5.41, 5.74) is 1.62. The van der Waals surface area contributed by atoms with Crippen molar-refractivity contribution >= 4 is 11.9 Å². The van der Waals surface area contributed by atoms with Gasteiger partial charge >= 0.3 is 5.97 Å². The Balaban J connectivity index is 2.61. The molecule has 0 aliphatic carbocycles. The van der Waals surface area contributed by atoms with Crippen LogP contribution in [0.2, 0.25) is 0 Å². The lowest BCUT2D eigenvalue weighted by Gasteiger charge is -2.10. The van der Waals surface area contributed by atoms with E-state index >= 15 is 0 Å². The quantitative estimate of drug-likeness (QED) is 0.592. The molecule has 1 aromatic heterocycles. The van der Waals surface area contributed by atoms with Gasteiger partial charge < -0.3 is 20.7 Å². The molecule has 0 saturated carbocycles. The maximum absolute atomic E-state index is 11.2. The number of carboxylic acids is 1. The van der Waals surface area contributed by atoms with E-state index in [1.165, 1.54) is 0 Å². The van der Waals surface area contributed by atoms with Gasteiger partial charge in [-0.25, -0.2) is 4.79 Å². The van der Waals surface area contributed by atoms with Crippen molar-refractivity contribution in [3.63, 3.8) is 0 Å². The number of aryl methyl sites for hydroxylation is 1. The second kappa shape index (κ2) is 5.49. The molecule has 1 unspecified atom stereocenters. The van der Waals surface area contributed by atoms with E-state index in [4.69, 9.17) is 5.11 Å². The molecular formula is C11H17N3O3. The molecule has 1 aromatic rings. The Morgan fingerprint density at radius 3 is 2.65 bits per heavy atom. The Morgan fingerprint density at radius 1 is 1.53 bits per heavy atom. The van der Waals surface area contributed by atoms with Crippen LogP contribution in [0.1, 0.15) is 28.7 Å². The number of carbonyl (C=O) groups excluding carboxylic acids is 1. The maximum atomic E-state index is 11.2. The number of H-pyrrole nitrogens is 1. The normalized spacial score (nSPS) is 12.2. The second-order valence-electron chi connectivity index (χ2n) is 3.86. The van der Waals surface area contributed by atoms with Gasteiger partial charge in [-0.1, -0.05) is 0 Å². The van der Waals surface area contributed by atoms with Crippen molar-refractivity contribution < 1.29 is 14.7 Å². The number of carboxylic acid groups (broad SMARTS) is 1. The molecule has 6 nitrogen and oxygen atoms in total. The van der Waals surface area contributed by atoms with E-state index in [1.807, 2.05) is 0 Å². The van der Waals surface area contributed by atoms with Crippen LogP contribution in [0.25, 0.3) is 0 Å². The topological polar surface area (TPSA) is 94.2 Å². The number of aromatic nitrogens is 1. The van der Waals surface area contributed by atoms with Crippen molar-refractivity contribution in [3.05, 3.63) is 23.0 Å². The lowest BCUT2D eigenvalue weighted by atomic mass is 10.2. The number of aromatic carboxylic acids is 1. The smallest absolute Gasteiger partial charge is 0.337 e. The number of carbonyl (C=O) groups is 2. The van der Waals surface area contributed by atoms with Crippen LogP contribution in [0.15, 0.2) is 6.07 Å². The molecule has 6 heteroatoms. The minimum absolute atomic E-state index is 0.105. The largest absolute Gasteiger partial charge is 0.478 e. The first-order chi connectivity index (χ1) is 7.95. The Hall–Kier alpha value is -1.82. The standard InChI is InChI=1S/C11H17N3O3/c1-6-9(11(16)17)4-8(14-6)5-13-7(2)10(15)12-3/h4,7,13-14H,5H2,1-3H3,(H,12,15)(H,16,17). The van der Waals surface area contributed by atoms with Gasteiger partial charge in [-0.3, -0.25) is 4.79 Å². The average molecular weight is 239 g/mol. The number of hydrogen-bond acceptors (Lipinski definition) is 3. The summed E-state index contributed by atoms with van der Waals surface area (Å²) in [6, 6.07) is 1.25. The summed E-state index contributed by atoms with van der Waals surface area (Å²) in [5, 5.41) is 14.4. The first-order valence-electron chi connectivity index (χ1n) is 5.32. The zero-order chi connectivity index (χ0) is 13.0. The van der Waals surface area contributed by atoms with Crippen LogP contribution in [0.5, 0.6) is 0 Å². The Bertz CT molecular complexity index is 426. The molecule has 0 aliphatic heterocycles. The SMILES string of the molecule is CNC(=O)C(C)NCc1cc(C(=O)O)c(C)[nH]1. The number of likely N-dealkylation sites (N-methyl/N-ethyl adjacent to an activating group) is 1. The molecule has 0 fully saturated rings. The monoisotopic (exact) mass is 239 g/mol. The number of amides is 1. The Labute approximate surface area is 99.4 Å². The van der Waals surface area contributed by atoms with Gasteiger partial charge in [-0.15, -0.1) is 0 Å². The van der Waals surface area contributed by atoms with E-state index in [2.05, 4.69) is 15.6 Å². The molecular weight excluding hydrogens is 222 g/mol. The predicted molar refractivity (Wildman–Crippen MR) is 62.9 cm³/mol. The van der Waals surface area contributed by atoms with Crippen molar-refractivity contribution in [2.45, 2.75) is 26.4 Å². The summed E-state index contributed by atoms with van der Waals surface area (Å²) < 4.78 is 0. The van der Waals surface area contributed by atoms with Crippen molar-refractivity contribution in [1.82, 2.24) is 15.6 Å². The third-order valence-electron chi connectivity index (χ3n) is 2.54. The van der Waals surface area contributed by atoms with E-state index in [0.29, 0.717) is 12.2 Å². The fraction of sp³-hybridized carbons (Fsp3) is 0.455. The molecule has 1 atom stereocenters. The minimum atomic E-state index is -0.954. The molecule has 0 radical (unpaired) electrons. The van der Waals surface area contributed by atoms with Crippen molar-refractivity contribution in [1.29, 1.82) is 0 Å². The molecule has 1 rings (SSSR count). The fourth-order valence-corrected chi connectivity index (χ4v) is 1.52. The number of rotatable bonds is 5. The van der Waals surface area contributed by atoms with Gasteiger partial charge in [0.1, 0.15) is 0 Å². The van der Waals surface area contributed by atoms with Crippen LogP contribution < -0.4 is 10.6 Å². The van der Waals surface area contributed by atoms with Gasteiger partial charge in [0.05, 0.1) is 11.6 Å². The van der Waals surface area contributed by atoms with E-state index in [9.17, 15) is 9.59 Å². The predicted octanol–water partition coefficient (Wildman–Crippen LogP) is 0.245. The van der Waals surface area contributed by atoms with Gasteiger partial charge in [-0.05, 0) is 19.9 Å². The highest BCUT2D eigenvalue weighted by atomic mass is 16.4. The molecule has 0 aliphatic rings. The molecule has 17 heavy (non-hydrogen) atoms. The van der Waals surface area contributed by atoms with E-state index in [0.717, 1.165) is 5.69 Å². The van der Waals surface area contributed by atoms with Crippen LogP contribution in [0.3, 0.4) is 0 Å². The molecule has 0 bridgehead atoms. The maximum Gasteiger partial charge on any atom is 0.337 e. The molecule has 94 valence electrons. The number of nitrogens with one attached hydrogen (secondary N) is 3. The van der Waals surface area contributed by atoms with Gasteiger partial charge in [0.15, 0.2) is 0 Å². The Morgan fingerprint density at radius 2 is 2.18 bits per heavy atom. The van der Waals surface area contributed by atoms with Crippen molar-refractivity contribution in [2.24, 2.45) is 0 Å². The number of aromatic amines is 1. The third kappa shape index (κ3) is 3.32. The summed E-state index contributed by atoms with van der Waals surface area (Å²) in [7, 11) is 1.57. The molecule has 0 saturated heterocycles.